The number of hydrogen-bond acceptors (Lipinski definition) is 4. The first-order valence-electron chi connectivity index (χ1n) is 9.78. The first-order chi connectivity index (χ1) is 13.4. The topological polar surface area (TPSA) is 85.8 Å². The Hall–Kier alpha value is -2.64. The number of likely N-dealkylation sites (tertiary alicyclic amines) is 2. The molecule has 1 aromatic heterocycles. The van der Waals surface area contributed by atoms with Crippen molar-refractivity contribution in [2.45, 2.75) is 32.2 Å². The zero-order valence-electron chi connectivity index (χ0n) is 16.7. The Bertz CT molecular complexity index is 714. The normalized spacial score (nSPS) is 18.9. The fourth-order valence-electron chi connectivity index (χ4n) is 4.01. The minimum atomic E-state index is -0.264. The molecule has 2 fully saturated rings. The van der Waals surface area contributed by atoms with Crippen molar-refractivity contribution < 1.29 is 14.4 Å². The van der Waals surface area contributed by atoms with Crippen LogP contribution in [-0.2, 0) is 16.1 Å². The number of carbonyl (C=O) groups excluding carboxylic acids is 3. The van der Waals surface area contributed by atoms with Gasteiger partial charge in [0.05, 0.1) is 6.54 Å². The molecule has 2 aliphatic heterocycles. The molecule has 0 atom stereocenters. The van der Waals surface area contributed by atoms with E-state index in [0.717, 1.165) is 31.4 Å². The van der Waals surface area contributed by atoms with Gasteiger partial charge in [0.2, 0.25) is 11.8 Å². The van der Waals surface area contributed by atoms with Gasteiger partial charge in [-0.05, 0) is 42.4 Å². The Balaban J connectivity index is 1.53. The van der Waals surface area contributed by atoms with Gasteiger partial charge in [-0.15, -0.1) is 0 Å². The van der Waals surface area contributed by atoms with Crippen molar-refractivity contribution in [1.82, 2.24) is 25.0 Å². The van der Waals surface area contributed by atoms with Crippen LogP contribution in [-0.4, -0.2) is 77.8 Å². The van der Waals surface area contributed by atoms with Crippen molar-refractivity contribution in [2.75, 3.05) is 40.3 Å². The van der Waals surface area contributed by atoms with Crippen LogP contribution in [0.1, 0.15) is 31.2 Å². The molecule has 1 spiro atoms. The molecule has 0 bridgehead atoms. The summed E-state index contributed by atoms with van der Waals surface area (Å²) in [5.74, 6) is 0.151. The summed E-state index contributed by atoms with van der Waals surface area (Å²) >= 11 is 0. The van der Waals surface area contributed by atoms with E-state index in [1.165, 1.54) is 4.90 Å². The maximum absolute atomic E-state index is 12.4. The van der Waals surface area contributed by atoms with Gasteiger partial charge in [0.25, 0.3) is 0 Å². The fourth-order valence-corrected chi connectivity index (χ4v) is 4.01. The third-order valence-corrected chi connectivity index (χ3v) is 5.84. The van der Waals surface area contributed by atoms with Gasteiger partial charge in [0.1, 0.15) is 0 Å². The molecule has 1 aromatic rings. The smallest absolute Gasteiger partial charge is 0.317 e. The summed E-state index contributed by atoms with van der Waals surface area (Å²) in [6.45, 7) is 2.73. The van der Waals surface area contributed by atoms with Crippen molar-refractivity contribution in [2.24, 2.45) is 5.41 Å². The Morgan fingerprint density at radius 2 is 1.86 bits per heavy atom. The van der Waals surface area contributed by atoms with Gasteiger partial charge in [-0.1, -0.05) is 0 Å². The van der Waals surface area contributed by atoms with Crippen LogP contribution in [0.3, 0.4) is 0 Å². The number of hydrogen-bond donors (Lipinski definition) is 1. The Kier molecular flexibility index (Phi) is 6.16. The predicted molar refractivity (Wildman–Crippen MR) is 104 cm³/mol. The van der Waals surface area contributed by atoms with Gasteiger partial charge in [-0.25, -0.2) is 4.79 Å². The van der Waals surface area contributed by atoms with Gasteiger partial charge in [0.15, 0.2) is 0 Å². The van der Waals surface area contributed by atoms with Gasteiger partial charge in [-0.2, -0.15) is 0 Å². The first kappa shape index (κ1) is 20.1. The molecule has 3 rings (SSSR count). The lowest BCUT2D eigenvalue weighted by Crippen LogP contribution is -2.53. The van der Waals surface area contributed by atoms with Gasteiger partial charge >= 0.3 is 6.03 Å². The van der Waals surface area contributed by atoms with Crippen molar-refractivity contribution in [3.05, 3.63) is 30.1 Å². The second kappa shape index (κ2) is 8.58. The van der Waals surface area contributed by atoms with Crippen molar-refractivity contribution >= 4 is 17.8 Å². The average Bonchev–Trinajstić information content (AvgIpc) is 2.70. The number of amides is 4. The summed E-state index contributed by atoms with van der Waals surface area (Å²) in [4.78, 5) is 45.6. The van der Waals surface area contributed by atoms with Crippen LogP contribution in [0.2, 0.25) is 0 Å². The highest BCUT2D eigenvalue weighted by molar-refractivity contribution is 5.84. The van der Waals surface area contributed by atoms with E-state index in [9.17, 15) is 14.4 Å². The molecule has 2 saturated heterocycles. The fraction of sp³-hybridized carbons (Fsp3) is 0.600. The molecule has 0 unspecified atom stereocenters. The number of aromatic nitrogens is 1. The molecule has 2 aliphatic rings. The van der Waals surface area contributed by atoms with E-state index in [-0.39, 0.29) is 29.8 Å². The second-order valence-corrected chi connectivity index (χ2v) is 8.04. The maximum atomic E-state index is 12.4. The largest absolute Gasteiger partial charge is 0.341 e. The highest BCUT2D eigenvalue weighted by atomic mass is 16.2. The highest BCUT2D eigenvalue weighted by Gasteiger charge is 2.41. The molecule has 4 amide bonds. The Morgan fingerprint density at radius 1 is 1.18 bits per heavy atom. The molecule has 0 radical (unpaired) electrons. The highest BCUT2D eigenvalue weighted by Crippen LogP contribution is 2.40. The molecular weight excluding hydrogens is 358 g/mol. The number of carbonyl (C=O) groups is 3. The molecule has 8 heteroatoms. The van der Waals surface area contributed by atoms with Crippen LogP contribution in [0.4, 0.5) is 4.79 Å². The standard InChI is InChI=1S/C20H29N5O3/c1-23(2)19(28)22-13-18(27)24-11-7-20(8-12-24)6-3-17(26)25(15-20)14-16-4-9-21-10-5-16/h4-5,9-10H,3,6-8,11-15H2,1-2H3,(H,22,28). The molecule has 152 valence electrons. The molecule has 0 saturated carbocycles. The zero-order valence-corrected chi connectivity index (χ0v) is 16.7. The summed E-state index contributed by atoms with van der Waals surface area (Å²) < 4.78 is 0. The second-order valence-electron chi connectivity index (χ2n) is 8.04. The molecule has 1 N–H and O–H groups in total. The van der Waals surface area contributed by atoms with Crippen LogP contribution in [0.25, 0.3) is 0 Å². The minimum Gasteiger partial charge on any atom is -0.341 e. The third-order valence-electron chi connectivity index (χ3n) is 5.84. The summed E-state index contributed by atoms with van der Waals surface area (Å²) in [6.07, 6.45) is 6.73. The van der Waals surface area contributed by atoms with Crippen molar-refractivity contribution in [3.8, 4) is 0 Å². The SMILES string of the molecule is CN(C)C(=O)NCC(=O)N1CCC2(CCC(=O)N(Cc3ccncc3)C2)CC1. The molecule has 3 heterocycles. The summed E-state index contributed by atoms with van der Waals surface area (Å²) in [5, 5.41) is 2.63. The van der Waals surface area contributed by atoms with Crippen LogP contribution in [0.5, 0.6) is 0 Å². The third kappa shape index (κ3) is 4.79. The lowest BCUT2D eigenvalue weighted by atomic mass is 9.72. The van der Waals surface area contributed by atoms with Crippen molar-refractivity contribution in [3.63, 3.8) is 0 Å². The van der Waals surface area contributed by atoms with Crippen LogP contribution < -0.4 is 5.32 Å². The van der Waals surface area contributed by atoms with Crippen molar-refractivity contribution in [1.29, 1.82) is 0 Å². The van der Waals surface area contributed by atoms with E-state index in [4.69, 9.17) is 0 Å². The Morgan fingerprint density at radius 3 is 2.50 bits per heavy atom. The number of nitrogens with one attached hydrogen (secondary N) is 1. The lowest BCUT2D eigenvalue weighted by molar-refractivity contribution is -0.142. The van der Waals surface area contributed by atoms with Crippen LogP contribution in [0.15, 0.2) is 24.5 Å². The summed E-state index contributed by atoms with van der Waals surface area (Å²) in [7, 11) is 3.29. The molecule has 28 heavy (non-hydrogen) atoms. The maximum Gasteiger partial charge on any atom is 0.317 e. The van der Waals surface area contributed by atoms with E-state index in [1.807, 2.05) is 21.9 Å². The molecular formula is C20H29N5O3. The molecule has 0 aliphatic carbocycles. The lowest BCUT2D eigenvalue weighted by Gasteiger charge is -2.47. The summed E-state index contributed by atoms with van der Waals surface area (Å²) in [6, 6.07) is 3.62. The Labute approximate surface area is 165 Å². The number of urea groups is 1. The van der Waals surface area contributed by atoms with E-state index < -0.39 is 0 Å². The quantitative estimate of drug-likeness (QED) is 0.838. The predicted octanol–water partition coefficient (Wildman–Crippen LogP) is 1.08. The molecule has 8 nitrogen and oxygen atoms in total. The molecule has 0 aromatic carbocycles. The monoisotopic (exact) mass is 387 g/mol. The first-order valence-corrected chi connectivity index (χ1v) is 9.78. The number of piperidine rings is 2. The number of pyridine rings is 1. The number of nitrogens with zero attached hydrogens (tertiary/aromatic N) is 4. The summed E-state index contributed by atoms with van der Waals surface area (Å²) in [5.41, 5.74) is 1.18. The number of rotatable bonds is 4. The zero-order chi connectivity index (χ0) is 20.1. The minimum absolute atomic E-state index is 0.0245. The average molecular weight is 387 g/mol. The van der Waals surface area contributed by atoms with E-state index in [0.29, 0.717) is 26.1 Å². The van der Waals surface area contributed by atoms with Crippen LogP contribution in [0, 0.1) is 5.41 Å². The van der Waals surface area contributed by atoms with E-state index >= 15 is 0 Å². The van der Waals surface area contributed by atoms with Crippen LogP contribution >= 0.6 is 0 Å². The van der Waals surface area contributed by atoms with E-state index in [2.05, 4.69) is 10.3 Å². The van der Waals surface area contributed by atoms with Gasteiger partial charge < -0.3 is 20.0 Å². The van der Waals surface area contributed by atoms with Gasteiger partial charge in [-0.3, -0.25) is 14.6 Å². The van der Waals surface area contributed by atoms with Gasteiger partial charge in [0, 0.05) is 59.1 Å². The van der Waals surface area contributed by atoms with E-state index in [1.54, 1.807) is 26.5 Å².